The van der Waals surface area contributed by atoms with Crippen molar-refractivity contribution in [2.24, 2.45) is 18.0 Å². The molecule has 10 heteroatoms. The number of halogens is 1. The lowest BCUT2D eigenvalue weighted by Gasteiger charge is -2.20. The molecule has 1 fully saturated rings. The van der Waals surface area contributed by atoms with Gasteiger partial charge in [-0.05, 0) is 31.0 Å². The average Bonchev–Trinajstić information content (AvgIpc) is 3.36. The summed E-state index contributed by atoms with van der Waals surface area (Å²) in [6, 6.07) is 8.03. The highest BCUT2D eigenvalue weighted by molar-refractivity contribution is 14.0. The lowest BCUT2D eigenvalue weighted by molar-refractivity contribution is -0.133. The molecule has 176 valence electrons. The van der Waals surface area contributed by atoms with Crippen LogP contribution in [-0.2, 0) is 24.9 Å². The van der Waals surface area contributed by atoms with Crippen LogP contribution in [0.25, 0.3) is 0 Å². The number of rotatable bonds is 7. The summed E-state index contributed by atoms with van der Waals surface area (Å²) in [6.07, 6.45) is 0.894. The molecule has 9 nitrogen and oxygen atoms in total. The number of nitrogens with one attached hydrogen (secondary N) is 2. The molecule has 1 saturated heterocycles. The molecule has 32 heavy (non-hydrogen) atoms. The van der Waals surface area contributed by atoms with Crippen LogP contribution in [0.1, 0.15) is 37.5 Å². The normalized spacial score (nSPS) is 16.1. The van der Waals surface area contributed by atoms with Gasteiger partial charge in [-0.3, -0.25) is 4.79 Å². The fourth-order valence-electron chi connectivity index (χ4n) is 3.46. The number of guanidine groups is 1. The van der Waals surface area contributed by atoms with Crippen LogP contribution >= 0.6 is 24.0 Å². The van der Waals surface area contributed by atoms with Gasteiger partial charge in [0.1, 0.15) is 11.6 Å². The molecule has 2 aromatic rings. The van der Waals surface area contributed by atoms with Gasteiger partial charge in [-0.25, -0.2) is 4.99 Å². The molecule has 1 aromatic carbocycles. The van der Waals surface area contributed by atoms with Crippen molar-refractivity contribution in [3.05, 3.63) is 41.5 Å². The molecule has 0 saturated carbocycles. The summed E-state index contributed by atoms with van der Waals surface area (Å²) in [5.74, 6) is 3.42. The Balaban J connectivity index is 0.00000363. The van der Waals surface area contributed by atoms with E-state index in [-0.39, 0.29) is 41.8 Å². The van der Waals surface area contributed by atoms with Crippen LogP contribution in [-0.4, -0.2) is 57.8 Å². The maximum atomic E-state index is 12.3. The number of benzene rings is 1. The predicted octanol–water partition coefficient (Wildman–Crippen LogP) is 2.24. The van der Waals surface area contributed by atoms with Crippen LogP contribution in [0, 0.1) is 12.8 Å². The largest absolute Gasteiger partial charge is 0.497 e. The van der Waals surface area contributed by atoms with E-state index in [1.54, 1.807) is 7.11 Å². The van der Waals surface area contributed by atoms with E-state index >= 15 is 0 Å². The van der Waals surface area contributed by atoms with E-state index < -0.39 is 0 Å². The van der Waals surface area contributed by atoms with E-state index in [0.717, 1.165) is 35.9 Å². The molecule has 0 radical (unpaired) electrons. The third kappa shape index (κ3) is 6.81. The number of nitrogens with zero attached hydrogens (tertiary/aromatic N) is 5. The Morgan fingerprint density at radius 2 is 2.00 bits per heavy atom. The standard InChI is InChI=1S/C22H33N7O2.HI/c1-15(2)21(30)29-11-10-18(14-29)25-22(24-13-20-27-26-16(3)28(20)4)23-12-17-6-8-19(31-5)9-7-17;/h6-9,15,18H,10-14H2,1-5H3,(H2,23,24,25);1H. The first-order valence-electron chi connectivity index (χ1n) is 10.7. The molecular formula is C22H34IN7O2. The molecule has 2 heterocycles. The van der Waals surface area contributed by atoms with E-state index in [0.29, 0.717) is 25.6 Å². The first kappa shape index (κ1) is 25.9. The lowest BCUT2D eigenvalue weighted by atomic mass is 10.2. The van der Waals surface area contributed by atoms with E-state index in [9.17, 15) is 4.79 Å². The van der Waals surface area contributed by atoms with Gasteiger partial charge in [-0.1, -0.05) is 26.0 Å². The highest BCUT2D eigenvalue weighted by Gasteiger charge is 2.28. The Hall–Kier alpha value is -2.37. The number of carbonyl (C=O) groups excluding carboxylic acids is 1. The second-order valence-electron chi connectivity index (χ2n) is 8.16. The van der Waals surface area contributed by atoms with Gasteiger partial charge in [0.25, 0.3) is 0 Å². The molecule has 3 rings (SSSR count). The Morgan fingerprint density at radius 1 is 1.28 bits per heavy atom. The van der Waals surface area contributed by atoms with Crippen LogP contribution in [0.2, 0.25) is 0 Å². The lowest BCUT2D eigenvalue weighted by Crippen LogP contribution is -2.45. The topological polar surface area (TPSA) is 96.7 Å². The number of hydrogen-bond donors (Lipinski definition) is 2. The van der Waals surface area contributed by atoms with Gasteiger partial charge in [-0.15, -0.1) is 34.2 Å². The minimum absolute atomic E-state index is 0. The number of methoxy groups -OCH3 is 1. The molecule has 1 aliphatic heterocycles. The SMILES string of the molecule is COc1ccc(CN=C(NCc2nnc(C)n2C)NC2CCN(C(=O)C(C)C)C2)cc1.I. The number of carbonyl (C=O) groups is 1. The summed E-state index contributed by atoms with van der Waals surface area (Å²) < 4.78 is 7.17. The summed E-state index contributed by atoms with van der Waals surface area (Å²) >= 11 is 0. The second-order valence-corrected chi connectivity index (χ2v) is 8.16. The first-order chi connectivity index (χ1) is 14.9. The zero-order chi connectivity index (χ0) is 22.4. The summed E-state index contributed by atoms with van der Waals surface area (Å²) in [4.78, 5) is 19.0. The van der Waals surface area contributed by atoms with Crippen molar-refractivity contribution in [1.82, 2.24) is 30.3 Å². The number of aromatic nitrogens is 3. The van der Waals surface area contributed by atoms with Crippen LogP contribution < -0.4 is 15.4 Å². The zero-order valence-corrected chi connectivity index (χ0v) is 21.8. The van der Waals surface area contributed by atoms with Gasteiger partial charge < -0.3 is 24.8 Å². The van der Waals surface area contributed by atoms with Gasteiger partial charge in [0.15, 0.2) is 11.8 Å². The maximum absolute atomic E-state index is 12.3. The van der Waals surface area contributed by atoms with E-state index in [2.05, 4.69) is 20.8 Å². The number of aryl methyl sites for hydroxylation is 1. The third-order valence-corrected chi connectivity index (χ3v) is 5.51. The Labute approximate surface area is 207 Å². The van der Waals surface area contributed by atoms with Crippen molar-refractivity contribution in [3.8, 4) is 5.75 Å². The van der Waals surface area contributed by atoms with Crippen LogP contribution in [0.4, 0.5) is 0 Å². The fourth-order valence-corrected chi connectivity index (χ4v) is 3.46. The number of hydrogen-bond acceptors (Lipinski definition) is 5. The van der Waals surface area contributed by atoms with Crippen molar-refractivity contribution in [2.45, 2.75) is 46.3 Å². The number of likely N-dealkylation sites (tertiary alicyclic amines) is 1. The first-order valence-corrected chi connectivity index (χ1v) is 10.7. The fraction of sp³-hybridized carbons (Fsp3) is 0.545. The Bertz CT molecular complexity index is 912. The molecule has 2 N–H and O–H groups in total. The van der Waals surface area contributed by atoms with Gasteiger partial charge in [-0.2, -0.15) is 0 Å². The molecule has 1 unspecified atom stereocenters. The maximum Gasteiger partial charge on any atom is 0.225 e. The number of amides is 1. The average molecular weight is 555 g/mol. The molecule has 1 aliphatic rings. The highest BCUT2D eigenvalue weighted by Crippen LogP contribution is 2.14. The molecule has 0 spiro atoms. The molecular weight excluding hydrogens is 521 g/mol. The van der Waals surface area contributed by atoms with E-state index in [1.807, 2.05) is 61.6 Å². The smallest absolute Gasteiger partial charge is 0.225 e. The van der Waals surface area contributed by atoms with Gasteiger partial charge in [0.2, 0.25) is 5.91 Å². The quantitative estimate of drug-likeness (QED) is 0.309. The summed E-state index contributed by atoms with van der Waals surface area (Å²) in [5.41, 5.74) is 1.08. The summed E-state index contributed by atoms with van der Waals surface area (Å²) in [6.45, 7) is 8.29. The second kappa shape index (κ2) is 12.0. The van der Waals surface area contributed by atoms with Crippen LogP contribution in [0.3, 0.4) is 0 Å². The molecule has 0 bridgehead atoms. The minimum atomic E-state index is 0. The molecule has 0 aliphatic carbocycles. The van der Waals surface area contributed by atoms with Crippen molar-refractivity contribution in [3.63, 3.8) is 0 Å². The molecule has 1 amide bonds. The molecule has 1 aromatic heterocycles. The van der Waals surface area contributed by atoms with Crippen molar-refractivity contribution < 1.29 is 9.53 Å². The third-order valence-electron chi connectivity index (χ3n) is 5.51. The van der Waals surface area contributed by atoms with Crippen molar-refractivity contribution >= 4 is 35.8 Å². The Kier molecular flexibility index (Phi) is 9.73. The highest BCUT2D eigenvalue weighted by atomic mass is 127. The summed E-state index contributed by atoms with van der Waals surface area (Å²) in [7, 11) is 3.60. The van der Waals surface area contributed by atoms with E-state index in [1.165, 1.54) is 0 Å². The summed E-state index contributed by atoms with van der Waals surface area (Å²) in [5, 5.41) is 15.2. The number of aliphatic imine (C=N–C) groups is 1. The van der Waals surface area contributed by atoms with Crippen molar-refractivity contribution in [2.75, 3.05) is 20.2 Å². The van der Waals surface area contributed by atoms with Gasteiger partial charge in [0, 0.05) is 32.1 Å². The Morgan fingerprint density at radius 3 is 2.59 bits per heavy atom. The van der Waals surface area contributed by atoms with Gasteiger partial charge >= 0.3 is 0 Å². The minimum Gasteiger partial charge on any atom is -0.497 e. The predicted molar refractivity (Wildman–Crippen MR) is 135 cm³/mol. The van der Waals surface area contributed by atoms with Crippen molar-refractivity contribution in [1.29, 1.82) is 0 Å². The van der Waals surface area contributed by atoms with Gasteiger partial charge in [0.05, 0.1) is 20.2 Å². The monoisotopic (exact) mass is 555 g/mol. The van der Waals surface area contributed by atoms with E-state index in [4.69, 9.17) is 9.73 Å². The zero-order valence-electron chi connectivity index (χ0n) is 19.5. The van der Waals surface area contributed by atoms with Crippen LogP contribution in [0.15, 0.2) is 29.3 Å². The number of ether oxygens (including phenoxy) is 1. The van der Waals surface area contributed by atoms with Crippen LogP contribution in [0.5, 0.6) is 5.75 Å². The molecule has 1 atom stereocenters.